The van der Waals surface area contributed by atoms with Gasteiger partial charge >= 0.3 is 0 Å². The standard InChI is InChI=1S/C17H21FN4O2/c1-11-4-2-3-9-21(11)17(24)14-10-15(16(19)23)22(20-14)13-7-5-12(18)6-8-13/h5-8,11,15H,2-4,9-10H2,1H3,(H2,19,23). The van der Waals surface area contributed by atoms with Gasteiger partial charge in [0.15, 0.2) is 0 Å². The van der Waals surface area contributed by atoms with Gasteiger partial charge in [-0.2, -0.15) is 5.10 Å². The highest BCUT2D eigenvalue weighted by atomic mass is 19.1. The highest BCUT2D eigenvalue weighted by Gasteiger charge is 2.37. The van der Waals surface area contributed by atoms with Crippen LogP contribution >= 0.6 is 0 Å². The molecule has 1 aromatic rings. The number of hydrogen-bond donors (Lipinski definition) is 1. The fourth-order valence-electron chi connectivity index (χ4n) is 3.26. The second-order valence-corrected chi connectivity index (χ2v) is 6.33. The minimum absolute atomic E-state index is 0.141. The Morgan fingerprint density at radius 1 is 1.25 bits per heavy atom. The molecule has 1 fully saturated rings. The lowest BCUT2D eigenvalue weighted by molar-refractivity contribution is -0.127. The highest BCUT2D eigenvalue weighted by Crippen LogP contribution is 2.26. The number of anilines is 1. The molecular weight excluding hydrogens is 311 g/mol. The topological polar surface area (TPSA) is 79.0 Å². The predicted octanol–water partition coefficient (Wildman–Crippen LogP) is 1.65. The molecular formula is C17H21FN4O2. The minimum Gasteiger partial charge on any atom is -0.368 e. The fraction of sp³-hybridized carbons (Fsp3) is 0.471. The predicted molar refractivity (Wildman–Crippen MR) is 88.9 cm³/mol. The minimum atomic E-state index is -0.727. The average molecular weight is 332 g/mol. The summed E-state index contributed by atoms with van der Waals surface area (Å²) in [5.74, 6) is -1.08. The number of primary amides is 1. The Morgan fingerprint density at radius 3 is 2.58 bits per heavy atom. The first-order valence-corrected chi connectivity index (χ1v) is 8.20. The van der Waals surface area contributed by atoms with E-state index in [0.717, 1.165) is 19.3 Å². The Morgan fingerprint density at radius 2 is 1.96 bits per heavy atom. The summed E-state index contributed by atoms with van der Waals surface area (Å²) < 4.78 is 13.1. The number of benzene rings is 1. The summed E-state index contributed by atoms with van der Waals surface area (Å²) in [6.45, 7) is 2.73. The van der Waals surface area contributed by atoms with Crippen molar-refractivity contribution in [1.29, 1.82) is 0 Å². The van der Waals surface area contributed by atoms with Gasteiger partial charge in [-0.3, -0.25) is 14.6 Å². The van der Waals surface area contributed by atoms with E-state index in [0.29, 0.717) is 17.9 Å². The number of nitrogens with two attached hydrogens (primary N) is 1. The van der Waals surface area contributed by atoms with Crippen LogP contribution in [-0.4, -0.2) is 41.1 Å². The summed E-state index contributed by atoms with van der Waals surface area (Å²) in [7, 11) is 0. The smallest absolute Gasteiger partial charge is 0.270 e. The third-order valence-corrected chi connectivity index (χ3v) is 4.64. The number of carbonyl (C=O) groups excluding carboxylic acids is 2. The lowest BCUT2D eigenvalue weighted by atomic mass is 10.0. The van der Waals surface area contributed by atoms with Crippen molar-refractivity contribution in [3.8, 4) is 0 Å². The van der Waals surface area contributed by atoms with Crippen LogP contribution < -0.4 is 10.7 Å². The number of hydrazone groups is 1. The maximum Gasteiger partial charge on any atom is 0.270 e. The van der Waals surface area contributed by atoms with Crippen LogP contribution in [0.4, 0.5) is 10.1 Å². The van der Waals surface area contributed by atoms with Crippen LogP contribution in [0.1, 0.15) is 32.6 Å². The van der Waals surface area contributed by atoms with E-state index in [-0.39, 0.29) is 24.2 Å². The van der Waals surface area contributed by atoms with Gasteiger partial charge in [0.1, 0.15) is 17.6 Å². The molecule has 0 bridgehead atoms. The number of rotatable bonds is 3. The number of likely N-dealkylation sites (tertiary alicyclic amines) is 1. The normalized spacial score (nSPS) is 24.0. The molecule has 0 aliphatic carbocycles. The zero-order valence-corrected chi connectivity index (χ0v) is 13.6. The Kier molecular flexibility index (Phi) is 4.51. The van der Waals surface area contributed by atoms with E-state index in [1.165, 1.54) is 29.3 Å². The number of amides is 2. The molecule has 2 amide bonds. The molecule has 2 aliphatic heterocycles. The van der Waals surface area contributed by atoms with Gasteiger partial charge in [-0.15, -0.1) is 0 Å². The summed E-state index contributed by atoms with van der Waals surface area (Å²) in [5, 5.41) is 5.76. The monoisotopic (exact) mass is 332 g/mol. The molecule has 0 spiro atoms. The summed E-state index contributed by atoms with van der Waals surface area (Å²) in [6.07, 6.45) is 3.24. The molecule has 0 radical (unpaired) electrons. The van der Waals surface area contributed by atoms with Gasteiger partial charge in [0.05, 0.1) is 5.69 Å². The molecule has 24 heavy (non-hydrogen) atoms. The average Bonchev–Trinajstić information content (AvgIpc) is 3.01. The van der Waals surface area contributed by atoms with Crippen molar-refractivity contribution in [1.82, 2.24) is 4.90 Å². The molecule has 2 aliphatic rings. The van der Waals surface area contributed by atoms with Crippen molar-refractivity contribution in [2.45, 2.75) is 44.7 Å². The second-order valence-electron chi connectivity index (χ2n) is 6.33. The molecule has 2 heterocycles. The maximum atomic E-state index is 13.1. The van der Waals surface area contributed by atoms with Crippen molar-refractivity contribution < 1.29 is 14.0 Å². The number of piperidine rings is 1. The summed E-state index contributed by atoms with van der Waals surface area (Å²) in [4.78, 5) is 26.3. The summed E-state index contributed by atoms with van der Waals surface area (Å²) in [6, 6.07) is 5.05. The van der Waals surface area contributed by atoms with Crippen LogP contribution in [0.15, 0.2) is 29.4 Å². The van der Waals surface area contributed by atoms with Crippen LogP contribution in [0.25, 0.3) is 0 Å². The van der Waals surface area contributed by atoms with Crippen LogP contribution in [0.2, 0.25) is 0 Å². The van der Waals surface area contributed by atoms with E-state index >= 15 is 0 Å². The van der Waals surface area contributed by atoms with E-state index in [1.807, 2.05) is 11.8 Å². The van der Waals surface area contributed by atoms with Crippen LogP contribution in [-0.2, 0) is 9.59 Å². The van der Waals surface area contributed by atoms with E-state index in [2.05, 4.69) is 5.10 Å². The highest BCUT2D eigenvalue weighted by molar-refractivity contribution is 6.40. The first-order valence-electron chi connectivity index (χ1n) is 8.20. The van der Waals surface area contributed by atoms with Gasteiger partial charge in [-0.1, -0.05) is 0 Å². The first-order chi connectivity index (χ1) is 11.5. The Labute approximate surface area is 140 Å². The second kappa shape index (κ2) is 6.59. The molecule has 2 atom stereocenters. The third-order valence-electron chi connectivity index (χ3n) is 4.64. The SMILES string of the molecule is CC1CCCCN1C(=O)C1=NN(c2ccc(F)cc2)C(C(N)=O)C1. The van der Waals surface area contributed by atoms with Crippen LogP contribution in [0.3, 0.4) is 0 Å². The van der Waals surface area contributed by atoms with Crippen molar-refractivity contribution in [2.75, 3.05) is 11.6 Å². The van der Waals surface area contributed by atoms with Crippen molar-refractivity contribution in [2.24, 2.45) is 10.8 Å². The number of halogens is 1. The third kappa shape index (κ3) is 3.11. The largest absolute Gasteiger partial charge is 0.368 e. The zero-order chi connectivity index (χ0) is 17.3. The molecule has 3 rings (SSSR count). The van der Waals surface area contributed by atoms with Gasteiger partial charge in [0, 0.05) is 19.0 Å². The molecule has 0 saturated carbocycles. The number of hydrogen-bond acceptors (Lipinski definition) is 4. The molecule has 0 aromatic heterocycles. The van der Waals surface area contributed by atoms with E-state index in [9.17, 15) is 14.0 Å². The van der Waals surface area contributed by atoms with Gasteiger partial charge < -0.3 is 10.6 Å². The maximum absolute atomic E-state index is 13.1. The number of carbonyl (C=O) groups is 2. The Balaban J connectivity index is 1.86. The molecule has 2 unspecified atom stereocenters. The van der Waals surface area contributed by atoms with Crippen LogP contribution in [0.5, 0.6) is 0 Å². The van der Waals surface area contributed by atoms with Gasteiger partial charge in [-0.25, -0.2) is 4.39 Å². The van der Waals surface area contributed by atoms with E-state index in [1.54, 1.807) is 0 Å². The molecule has 6 nitrogen and oxygen atoms in total. The van der Waals surface area contributed by atoms with Gasteiger partial charge in [0.2, 0.25) is 5.91 Å². The molecule has 2 N–H and O–H groups in total. The van der Waals surface area contributed by atoms with Crippen molar-refractivity contribution in [3.63, 3.8) is 0 Å². The lowest BCUT2D eigenvalue weighted by Crippen LogP contribution is -2.45. The van der Waals surface area contributed by atoms with Crippen molar-refractivity contribution >= 4 is 23.2 Å². The number of nitrogens with zero attached hydrogens (tertiary/aromatic N) is 3. The fourth-order valence-corrected chi connectivity index (χ4v) is 3.26. The Hall–Kier alpha value is -2.44. The molecule has 128 valence electrons. The van der Waals surface area contributed by atoms with Crippen LogP contribution in [0, 0.1) is 5.82 Å². The molecule has 1 aromatic carbocycles. The Bertz CT molecular complexity index is 674. The first kappa shape index (κ1) is 16.4. The van der Waals surface area contributed by atoms with E-state index in [4.69, 9.17) is 5.73 Å². The van der Waals surface area contributed by atoms with Crippen molar-refractivity contribution in [3.05, 3.63) is 30.1 Å². The quantitative estimate of drug-likeness (QED) is 0.914. The summed E-state index contributed by atoms with van der Waals surface area (Å²) >= 11 is 0. The summed E-state index contributed by atoms with van der Waals surface area (Å²) in [5.41, 5.74) is 6.34. The van der Waals surface area contributed by atoms with E-state index < -0.39 is 11.9 Å². The molecule has 7 heteroatoms. The van der Waals surface area contributed by atoms with Gasteiger partial charge in [-0.05, 0) is 50.5 Å². The zero-order valence-electron chi connectivity index (χ0n) is 13.6. The lowest BCUT2D eigenvalue weighted by Gasteiger charge is -2.33. The molecule has 1 saturated heterocycles. The van der Waals surface area contributed by atoms with Gasteiger partial charge in [0.25, 0.3) is 5.91 Å².